The normalized spacial score (nSPS) is 9.71. The summed E-state index contributed by atoms with van der Waals surface area (Å²) in [5, 5.41) is 8.13. The smallest absolute Gasteiger partial charge is 0.413 e. The summed E-state index contributed by atoms with van der Waals surface area (Å²) in [5.74, 6) is -0.242. The highest BCUT2D eigenvalue weighted by Gasteiger charge is 2.10. The molecule has 6 nitrogen and oxygen atoms in total. The van der Waals surface area contributed by atoms with Gasteiger partial charge in [0.15, 0.2) is 5.11 Å². The van der Waals surface area contributed by atoms with Crippen LogP contribution in [0.2, 0.25) is 0 Å². The van der Waals surface area contributed by atoms with Crippen LogP contribution in [0.25, 0.3) is 0 Å². The fourth-order valence-corrected chi connectivity index (χ4v) is 2.09. The Morgan fingerprint density at radius 3 is 2.17 bits per heavy atom. The summed E-state index contributed by atoms with van der Waals surface area (Å²) in [5.41, 5.74) is 1.64. The van der Waals surface area contributed by atoms with Crippen LogP contribution in [-0.4, -0.2) is 23.7 Å². The maximum atomic E-state index is 12.3. The lowest BCUT2D eigenvalue weighted by Crippen LogP contribution is -2.34. The van der Waals surface area contributed by atoms with Crippen LogP contribution >= 0.6 is 12.2 Å². The molecule has 0 aromatic heterocycles. The molecule has 3 N–H and O–H groups in total. The van der Waals surface area contributed by atoms with Gasteiger partial charge in [0.05, 0.1) is 18.0 Å². The van der Waals surface area contributed by atoms with Crippen molar-refractivity contribution < 1.29 is 14.3 Å². The van der Waals surface area contributed by atoms with Crippen LogP contribution in [0.5, 0.6) is 0 Å². The highest BCUT2D eigenvalue weighted by atomic mass is 32.1. The second kappa shape index (κ2) is 8.64. The fourth-order valence-electron chi connectivity index (χ4n) is 1.90. The van der Waals surface area contributed by atoms with Crippen molar-refractivity contribution >= 4 is 40.7 Å². The van der Waals surface area contributed by atoms with Gasteiger partial charge in [-0.2, -0.15) is 0 Å². The summed E-state index contributed by atoms with van der Waals surface area (Å²) in [6.45, 7) is 1.95. The Bertz CT molecular complexity index is 735. The van der Waals surface area contributed by atoms with Crippen LogP contribution in [0.15, 0.2) is 54.6 Å². The van der Waals surface area contributed by atoms with E-state index in [4.69, 9.17) is 17.0 Å². The third-order valence-electron chi connectivity index (χ3n) is 2.95. The van der Waals surface area contributed by atoms with E-state index in [1.165, 1.54) is 0 Å². The zero-order valence-electron chi connectivity index (χ0n) is 13.0. The average molecular weight is 343 g/mol. The van der Waals surface area contributed by atoms with Crippen molar-refractivity contribution in [3.8, 4) is 0 Å². The molecule has 7 heteroatoms. The fraction of sp³-hybridized carbons (Fsp3) is 0.118. The predicted octanol–water partition coefficient (Wildman–Crippen LogP) is 3.38. The van der Waals surface area contributed by atoms with Crippen molar-refractivity contribution in [2.75, 3.05) is 17.2 Å². The number of alkyl carbamates (subject to hydrolysis) is 1. The lowest BCUT2D eigenvalue weighted by atomic mass is 10.2. The van der Waals surface area contributed by atoms with Gasteiger partial charge >= 0.3 is 6.09 Å². The number of amides is 2. The Labute approximate surface area is 145 Å². The van der Waals surface area contributed by atoms with Gasteiger partial charge in [-0.05, 0) is 43.4 Å². The first-order valence-electron chi connectivity index (χ1n) is 7.30. The van der Waals surface area contributed by atoms with Crippen molar-refractivity contribution in [1.82, 2.24) is 5.32 Å². The van der Waals surface area contributed by atoms with Crippen molar-refractivity contribution in [2.45, 2.75) is 6.92 Å². The molecule has 2 amide bonds. The first-order valence-corrected chi connectivity index (χ1v) is 7.71. The van der Waals surface area contributed by atoms with Crippen LogP contribution in [0, 0.1) is 0 Å². The number of thiocarbonyl (C=S) groups is 1. The highest BCUT2D eigenvalue weighted by Crippen LogP contribution is 2.21. The number of hydrogen-bond acceptors (Lipinski definition) is 4. The molecule has 0 radical (unpaired) electrons. The molecule has 0 spiro atoms. The van der Waals surface area contributed by atoms with Crippen LogP contribution in [-0.2, 0) is 4.74 Å². The minimum absolute atomic E-state index is 0.0786. The van der Waals surface area contributed by atoms with Gasteiger partial charge in [-0.25, -0.2) is 4.79 Å². The number of rotatable bonds is 4. The molecule has 0 unspecified atom stereocenters. The molecule has 0 aliphatic rings. The Balaban J connectivity index is 2.06. The van der Waals surface area contributed by atoms with Crippen LogP contribution < -0.4 is 16.0 Å². The minimum Gasteiger partial charge on any atom is -0.450 e. The number of hydrogen-bond donors (Lipinski definition) is 3. The molecule has 2 aromatic rings. The van der Waals surface area contributed by atoms with E-state index in [1.54, 1.807) is 55.5 Å². The number of nitrogens with one attached hydrogen (secondary N) is 3. The molecule has 0 bridgehead atoms. The van der Waals surface area contributed by atoms with Crippen LogP contribution in [0.4, 0.5) is 16.2 Å². The van der Waals surface area contributed by atoms with Crippen molar-refractivity contribution in [1.29, 1.82) is 0 Å². The molecular weight excluding hydrogens is 326 g/mol. The second-order valence-electron chi connectivity index (χ2n) is 4.67. The first kappa shape index (κ1) is 17.4. The molecule has 0 aliphatic heterocycles. The summed E-state index contributed by atoms with van der Waals surface area (Å²) in [4.78, 5) is 23.6. The summed E-state index contributed by atoms with van der Waals surface area (Å²) in [6, 6.07) is 15.9. The summed E-state index contributed by atoms with van der Waals surface area (Å²) < 4.78 is 4.76. The zero-order chi connectivity index (χ0) is 17.4. The van der Waals surface area contributed by atoms with Crippen molar-refractivity contribution in [3.05, 3.63) is 60.2 Å². The quantitative estimate of drug-likeness (QED) is 0.742. The molecule has 24 heavy (non-hydrogen) atoms. The molecule has 0 atom stereocenters. The first-order chi connectivity index (χ1) is 11.6. The van der Waals surface area contributed by atoms with E-state index < -0.39 is 6.09 Å². The number of para-hydroxylation sites is 2. The SMILES string of the molecule is CCOC(=O)NC(=S)Nc1ccccc1NC(=O)c1ccccc1. The number of anilines is 2. The third-order valence-corrected chi connectivity index (χ3v) is 3.15. The standard InChI is InChI=1S/C17H17N3O3S/c1-2-23-17(22)20-16(24)19-14-11-7-6-10-13(14)18-15(21)12-8-4-3-5-9-12/h3-11H,2H2,1H3,(H,18,21)(H2,19,20,22,24). The van der Waals surface area contributed by atoms with Gasteiger partial charge < -0.3 is 15.4 Å². The lowest BCUT2D eigenvalue weighted by Gasteiger charge is -2.14. The molecule has 0 aliphatic carbocycles. The van der Waals surface area contributed by atoms with Gasteiger partial charge in [0, 0.05) is 5.56 Å². The minimum atomic E-state index is -0.638. The molecule has 124 valence electrons. The van der Waals surface area contributed by atoms with Gasteiger partial charge in [0.25, 0.3) is 5.91 Å². The monoisotopic (exact) mass is 343 g/mol. The van der Waals surface area contributed by atoms with Gasteiger partial charge in [0.2, 0.25) is 0 Å². The van der Waals surface area contributed by atoms with Gasteiger partial charge in [-0.3, -0.25) is 10.1 Å². The number of carbonyl (C=O) groups is 2. The molecule has 0 saturated carbocycles. The Hall–Kier alpha value is -2.93. The lowest BCUT2D eigenvalue weighted by molar-refractivity contribution is 0.102. The van der Waals surface area contributed by atoms with E-state index in [1.807, 2.05) is 6.07 Å². The molecule has 0 saturated heterocycles. The van der Waals surface area contributed by atoms with Gasteiger partial charge in [0.1, 0.15) is 0 Å². The van der Waals surface area contributed by atoms with Crippen molar-refractivity contribution in [3.63, 3.8) is 0 Å². The maximum Gasteiger partial charge on any atom is 0.413 e. The van der Waals surface area contributed by atoms with E-state index in [2.05, 4.69) is 16.0 Å². The Morgan fingerprint density at radius 2 is 1.54 bits per heavy atom. The largest absolute Gasteiger partial charge is 0.450 e. The Morgan fingerprint density at radius 1 is 0.958 bits per heavy atom. The average Bonchev–Trinajstić information content (AvgIpc) is 2.57. The van der Waals surface area contributed by atoms with Crippen molar-refractivity contribution in [2.24, 2.45) is 0 Å². The number of ether oxygens (including phenoxy) is 1. The highest BCUT2D eigenvalue weighted by molar-refractivity contribution is 7.80. The Kier molecular flexibility index (Phi) is 6.27. The molecular formula is C17H17N3O3S. The third kappa shape index (κ3) is 5.06. The zero-order valence-corrected chi connectivity index (χ0v) is 13.9. The molecule has 0 heterocycles. The predicted molar refractivity (Wildman–Crippen MR) is 97.2 cm³/mol. The van der Waals surface area contributed by atoms with Gasteiger partial charge in [-0.15, -0.1) is 0 Å². The van der Waals surface area contributed by atoms with Crippen LogP contribution in [0.1, 0.15) is 17.3 Å². The summed E-state index contributed by atoms with van der Waals surface area (Å²) >= 11 is 5.06. The summed E-state index contributed by atoms with van der Waals surface area (Å²) in [6.07, 6.45) is -0.638. The number of benzene rings is 2. The maximum absolute atomic E-state index is 12.3. The van der Waals surface area contributed by atoms with E-state index in [0.29, 0.717) is 16.9 Å². The summed E-state index contributed by atoms with van der Waals surface area (Å²) in [7, 11) is 0. The molecule has 2 rings (SSSR count). The van der Waals surface area contributed by atoms with E-state index in [-0.39, 0.29) is 17.6 Å². The molecule has 2 aromatic carbocycles. The van der Waals surface area contributed by atoms with Gasteiger partial charge in [-0.1, -0.05) is 30.3 Å². The van der Waals surface area contributed by atoms with Crippen LogP contribution in [0.3, 0.4) is 0 Å². The number of carbonyl (C=O) groups excluding carboxylic acids is 2. The topological polar surface area (TPSA) is 79.5 Å². The molecule has 0 fully saturated rings. The van der Waals surface area contributed by atoms with E-state index in [0.717, 1.165) is 0 Å². The van der Waals surface area contributed by atoms with E-state index in [9.17, 15) is 9.59 Å². The second-order valence-corrected chi connectivity index (χ2v) is 5.07. The van der Waals surface area contributed by atoms with E-state index >= 15 is 0 Å².